The first-order chi connectivity index (χ1) is 7.66. The van der Waals surface area contributed by atoms with Crippen LogP contribution >= 0.6 is 16.9 Å². The fourth-order valence-corrected chi connectivity index (χ4v) is 1.63. The molecule has 0 aliphatic carbocycles. The van der Waals surface area contributed by atoms with Crippen molar-refractivity contribution >= 4 is 22.8 Å². The number of hydrogen-bond acceptors (Lipinski definition) is 8. The van der Waals surface area contributed by atoms with Crippen molar-refractivity contribution in [3.8, 4) is 0 Å². The Hall–Kier alpha value is -0.280. The van der Waals surface area contributed by atoms with Gasteiger partial charge in [0.15, 0.2) is 0 Å². The van der Waals surface area contributed by atoms with E-state index in [0.717, 1.165) is 0 Å². The van der Waals surface area contributed by atoms with E-state index in [0.29, 0.717) is 0 Å². The zero-order valence-electron chi connectivity index (χ0n) is 8.33. The van der Waals surface area contributed by atoms with E-state index in [1.807, 2.05) is 0 Å². The van der Waals surface area contributed by atoms with Crippen molar-refractivity contribution in [2.45, 2.75) is 24.9 Å². The lowest BCUT2D eigenvalue weighted by atomic mass is 10.1. The normalized spacial score (nSPS) is 17.6. The van der Waals surface area contributed by atoms with E-state index in [4.69, 9.17) is 25.5 Å². The van der Waals surface area contributed by atoms with E-state index in [9.17, 15) is 14.5 Å². The fraction of sp³-hybridized carbons (Fsp3) is 0.800. The molecular formula is C5H12NO9P2+. The maximum Gasteiger partial charge on any atom is 0.700 e. The molecule has 12 heteroatoms. The van der Waals surface area contributed by atoms with Gasteiger partial charge in [0.05, 0.1) is 0 Å². The van der Waals surface area contributed by atoms with E-state index in [1.165, 1.54) is 0 Å². The van der Waals surface area contributed by atoms with Crippen LogP contribution in [0.2, 0.25) is 0 Å². The van der Waals surface area contributed by atoms with Gasteiger partial charge in [-0.1, -0.05) is 4.52 Å². The van der Waals surface area contributed by atoms with Crippen molar-refractivity contribution < 1.29 is 43.3 Å². The third-order valence-corrected chi connectivity index (χ3v) is 2.42. The Morgan fingerprint density at radius 1 is 1.53 bits per heavy atom. The van der Waals surface area contributed by atoms with Gasteiger partial charge in [0.2, 0.25) is 0 Å². The average Bonchev–Trinajstić information content (AvgIpc) is 2.11. The highest BCUT2D eigenvalue weighted by atomic mass is 31.2. The molecule has 0 rings (SSSR count). The van der Waals surface area contributed by atoms with Gasteiger partial charge in [-0.15, -0.1) is 4.89 Å². The molecule has 0 aromatic heterocycles. The van der Waals surface area contributed by atoms with Gasteiger partial charge in [-0.3, -0.25) is 9.32 Å². The molecular weight excluding hydrogens is 280 g/mol. The fourth-order valence-electron chi connectivity index (χ4n) is 0.819. The van der Waals surface area contributed by atoms with Gasteiger partial charge in [-0.05, 0) is 6.42 Å². The first kappa shape index (κ1) is 16.7. The van der Waals surface area contributed by atoms with Crippen LogP contribution in [0.25, 0.3) is 0 Å². The van der Waals surface area contributed by atoms with Crippen LogP contribution in [0.5, 0.6) is 0 Å². The largest absolute Gasteiger partial charge is 0.700 e. The minimum atomic E-state index is -3.29. The first-order valence-corrected chi connectivity index (χ1v) is 6.39. The molecule has 3 atom stereocenters. The van der Waals surface area contributed by atoms with Crippen molar-refractivity contribution in [2.24, 2.45) is 5.73 Å². The molecule has 0 aliphatic heterocycles. The molecule has 0 bridgehead atoms. The van der Waals surface area contributed by atoms with Crippen LogP contribution in [0.3, 0.4) is 0 Å². The summed E-state index contributed by atoms with van der Waals surface area (Å²) in [6.45, 7) is 0. The first-order valence-electron chi connectivity index (χ1n) is 4.09. The standard InChI is InChI=1S/C5H11NO9P2/c6-3(4(7)8)1-2-5(9,14-16(10)11)15-17(12)13/h3,9-11H,1-2,6H2,(H-,7,8,12,13)/p+1. The van der Waals surface area contributed by atoms with Crippen molar-refractivity contribution in [3.05, 3.63) is 0 Å². The maximum absolute atomic E-state index is 10.4. The summed E-state index contributed by atoms with van der Waals surface area (Å²) < 4.78 is 18.5. The van der Waals surface area contributed by atoms with Crippen molar-refractivity contribution in [3.63, 3.8) is 0 Å². The molecule has 0 spiro atoms. The van der Waals surface area contributed by atoms with Crippen molar-refractivity contribution in [2.75, 3.05) is 0 Å². The van der Waals surface area contributed by atoms with Gasteiger partial charge in [0.25, 0.3) is 0 Å². The van der Waals surface area contributed by atoms with Crippen LogP contribution in [0, 0.1) is 0 Å². The summed E-state index contributed by atoms with van der Waals surface area (Å²) in [6.07, 6.45) is -1.01. The SMILES string of the molecule is NC(CCC(O)(OP(O)O)O[P+](=O)O)C(=O)O. The van der Waals surface area contributed by atoms with Gasteiger partial charge < -0.3 is 25.7 Å². The quantitative estimate of drug-likeness (QED) is 0.233. The van der Waals surface area contributed by atoms with Crippen molar-refractivity contribution in [1.29, 1.82) is 0 Å². The van der Waals surface area contributed by atoms with Crippen LogP contribution in [0.4, 0.5) is 0 Å². The van der Waals surface area contributed by atoms with Crippen LogP contribution < -0.4 is 5.73 Å². The predicted molar refractivity (Wildman–Crippen MR) is 53.1 cm³/mol. The predicted octanol–water partition coefficient (Wildman–Crippen LogP) is -1.28. The Labute approximate surface area is 97.5 Å². The Kier molecular flexibility index (Phi) is 7.10. The second-order valence-electron chi connectivity index (χ2n) is 2.87. The lowest BCUT2D eigenvalue weighted by Gasteiger charge is -2.21. The molecule has 3 unspecified atom stereocenters. The van der Waals surface area contributed by atoms with E-state index < -0.39 is 41.3 Å². The lowest BCUT2D eigenvalue weighted by molar-refractivity contribution is -0.280. The maximum atomic E-state index is 10.4. The molecule has 0 heterocycles. The molecule has 0 aliphatic rings. The Morgan fingerprint density at radius 3 is 2.41 bits per heavy atom. The topological polar surface area (TPSA) is 180 Å². The summed E-state index contributed by atoms with van der Waals surface area (Å²) in [5.41, 5.74) is 5.11. The molecule has 0 amide bonds. The monoisotopic (exact) mass is 292 g/mol. The minimum absolute atomic E-state index is 0.377. The molecule has 100 valence electrons. The number of rotatable bonds is 8. The van der Waals surface area contributed by atoms with Gasteiger partial charge in [-0.2, -0.15) is 0 Å². The molecule has 0 radical (unpaired) electrons. The summed E-state index contributed by atoms with van der Waals surface area (Å²) in [4.78, 5) is 35.8. The molecule has 0 saturated carbocycles. The summed E-state index contributed by atoms with van der Waals surface area (Å²) in [5.74, 6) is -4.15. The Bertz CT molecular complexity index is 287. The molecule has 7 N–H and O–H groups in total. The van der Waals surface area contributed by atoms with Gasteiger partial charge in [0, 0.05) is 11.0 Å². The van der Waals surface area contributed by atoms with Gasteiger partial charge >= 0.3 is 28.8 Å². The van der Waals surface area contributed by atoms with E-state index in [-0.39, 0.29) is 6.42 Å². The van der Waals surface area contributed by atoms with Crippen LogP contribution in [0.15, 0.2) is 0 Å². The molecule has 0 fully saturated rings. The van der Waals surface area contributed by atoms with Crippen LogP contribution in [0.1, 0.15) is 12.8 Å². The lowest BCUT2D eigenvalue weighted by Crippen LogP contribution is -2.37. The Morgan fingerprint density at radius 2 is 2.06 bits per heavy atom. The highest BCUT2D eigenvalue weighted by molar-refractivity contribution is 7.39. The van der Waals surface area contributed by atoms with Gasteiger partial charge in [0.1, 0.15) is 6.04 Å². The third-order valence-electron chi connectivity index (χ3n) is 1.53. The summed E-state index contributed by atoms with van der Waals surface area (Å²) in [5, 5.41) is 17.9. The number of carboxylic acid groups (broad SMARTS) is 1. The number of aliphatic carboxylic acids is 1. The average molecular weight is 292 g/mol. The van der Waals surface area contributed by atoms with E-state index in [1.54, 1.807) is 0 Å². The highest BCUT2D eigenvalue weighted by Crippen LogP contribution is 2.39. The molecule has 0 saturated heterocycles. The van der Waals surface area contributed by atoms with Crippen LogP contribution in [-0.4, -0.2) is 42.9 Å². The summed E-state index contributed by atoms with van der Waals surface area (Å²) >= 11 is 0. The minimum Gasteiger partial charge on any atom is -0.480 e. The van der Waals surface area contributed by atoms with Gasteiger partial charge in [-0.25, -0.2) is 0 Å². The van der Waals surface area contributed by atoms with Crippen LogP contribution in [-0.2, 0) is 18.4 Å². The molecule has 17 heavy (non-hydrogen) atoms. The second-order valence-corrected chi connectivity index (χ2v) is 4.22. The van der Waals surface area contributed by atoms with E-state index in [2.05, 4.69) is 9.05 Å². The molecule has 10 nitrogen and oxygen atoms in total. The molecule has 0 aromatic carbocycles. The number of carboxylic acids is 1. The summed E-state index contributed by atoms with van der Waals surface area (Å²) in [6, 6.07) is -1.37. The number of hydrogen-bond donors (Lipinski definition) is 6. The smallest absolute Gasteiger partial charge is 0.480 e. The van der Waals surface area contributed by atoms with Crippen molar-refractivity contribution in [1.82, 2.24) is 0 Å². The van der Waals surface area contributed by atoms with E-state index >= 15 is 0 Å². The number of carbonyl (C=O) groups is 1. The Balaban J connectivity index is 4.47. The zero-order valence-corrected chi connectivity index (χ0v) is 10.1. The second kappa shape index (κ2) is 7.22. The number of nitrogens with two attached hydrogens (primary N) is 1. The summed E-state index contributed by atoms with van der Waals surface area (Å²) in [7, 11) is -6.36. The molecule has 0 aromatic rings. The third kappa shape index (κ3) is 7.61. The zero-order chi connectivity index (χ0) is 13.6. The number of aliphatic hydroxyl groups is 1. The highest BCUT2D eigenvalue weighted by Gasteiger charge is 2.42.